The van der Waals surface area contributed by atoms with Gasteiger partial charge in [0, 0.05) is 9.65 Å². The second kappa shape index (κ2) is 7.58. The van der Waals surface area contributed by atoms with Gasteiger partial charge < -0.3 is 4.74 Å². The number of rotatable bonds is 4. The minimum Gasteiger partial charge on any atom is -0.462 e. The number of amides is 2. The van der Waals surface area contributed by atoms with E-state index in [0.29, 0.717) is 30.7 Å². The lowest BCUT2D eigenvalue weighted by Gasteiger charge is -2.29. The normalized spacial score (nSPS) is 28.8. The second-order valence-electron chi connectivity index (χ2n) is 6.41. The summed E-state index contributed by atoms with van der Waals surface area (Å²) in [4.78, 5) is 39.0. The number of ether oxygens (including phenoxy) is 1. The summed E-state index contributed by atoms with van der Waals surface area (Å²) in [5.74, 6) is -1.26. The van der Waals surface area contributed by atoms with Crippen LogP contribution in [0.15, 0.2) is 24.3 Å². The molecule has 0 radical (unpaired) electrons. The first-order valence-electron chi connectivity index (χ1n) is 8.37. The highest BCUT2D eigenvalue weighted by atomic mass is 79.9. The third kappa shape index (κ3) is 3.53. The number of halogens is 2. The Morgan fingerprint density at radius 3 is 2.08 bits per heavy atom. The number of fused-ring (bicyclic) bond motifs is 1. The summed E-state index contributed by atoms with van der Waals surface area (Å²) < 4.78 is 5.09. The maximum absolute atomic E-state index is 12.7. The van der Waals surface area contributed by atoms with Crippen molar-refractivity contribution in [3.8, 4) is 0 Å². The molecule has 4 atom stereocenters. The smallest absolute Gasteiger partial charge is 0.338 e. The highest BCUT2D eigenvalue weighted by Gasteiger charge is 2.52. The first-order chi connectivity index (χ1) is 11.9. The van der Waals surface area contributed by atoms with Gasteiger partial charge >= 0.3 is 5.97 Å². The van der Waals surface area contributed by atoms with E-state index in [-0.39, 0.29) is 33.3 Å². The fraction of sp³-hybridized carbons (Fsp3) is 0.500. The molecule has 1 saturated carbocycles. The maximum Gasteiger partial charge on any atom is 0.338 e. The van der Waals surface area contributed by atoms with Crippen LogP contribution in [0.3, 0.4) is 0 Å². The van der Waals surface area contributed by atoms with Crippen LogP contribution in [-0.2, 0) is 14.3 Å². The molecule has 3 rings (SSSR count). The molecule has 1 aliphatic heterocycles. The van der Waals surface area contributed by atoms with E-state index in [0.717, 1.165) is 6.42 Å². The van der Waals surface area contributed by atoms with Crippen molar-refractivity contribution < 1.29 is 19.1 Å². The van der Waals surface area contributed by atoms with Crippen LogP contribution in [0.4, 0.5) is 5.69 Å². The Hall–Kier alpha value is -1.21. The molecule has 1 aromatic carbocycles. The average Bonchev–Trinajstić information content (AvgIpc) is 2.84. The van der Waals surface area contributed by atoms with Crippen LogP contribution in [0.25, 0.3) is 0 Å². The van der Waals surface area contributed by atoms with Crippen molar-refractivity contribution >= 4 is 55.3 Å². The van der Waals surface area contributed by atoms with Gasteiger partial charge in [0.2, 0.25) is 11.8 Å². The molecule has 2 aliphatic rings. The third-order valence-electron chi connectivity index (χ3n) is 4.71. The Labute approximate surface area is 163 Å². The molecule has 1 aliphatic carbocycles. The van der Waals surface area contributed by atoms with Crippen LogP contribution in [0.1, 0.15) is 36.5 Å². The molecule has 0 bridgehead atoms. The number of alkyl halides is 2. The average molecular weight is 473 g/mol. The van der Waals surface area contributed by atoms with E-state index >= 15 is 0 Å². The van der Waals surface area contributed by atoms with Crippen molar-refractivity contribution in [3.63, 3.8) is 0 Å². The fourth-order valence-electron chi connectivity index (χ4n) is 3.37. The van der Waals surface area contributed by atoms with E-state index in [1.54, 1.807) is 24.3 Å². The van der Waals surface area contributed by atoms with Crippen LogP contribution in [0.5, 0.6) is 0 Å². The Morgan fingerprint density at radius 2 is 1.60 bits per heavy atom. The van der Waals surface area contributed by atoms with Crippen LogP contribution in [0, 0.1) is 11.8 Å². The molecule has 0 aromatic heterocycles. The van der Waals surface area contributed by atoms with Gasteiger partial charge in [-0.1, -0.05) is 38.8 Å². The summed E-state index contributed by atoms with van der Waals surface area (Å²) in [5.41, 5.74) is 0.920. The van der Waals surface area contributed by atoms with Crippen LogP contribution >= 0.6 is 31.9 Å². The van der Waals surface area contributed by atoms with E-state index in [2.05, 4.69) is 31.9 Å². The number of benzene rings is 1. The highest BCUT2D eigenvalue weighted by molar-refractivity contribution is 9.12. The zero-order valence-corrected chi connectivity index (χ0v) is 17.0. The predicted octanol–water partition coefficient (Wildman–Crippen LogP) is 3.68. The fourth-order valence-corrected chi connectivity index (χ4v) is 4.61. The molecule has 0 N–H and O–H groups in total. The Morgan fingerprint density at radius 1 is 1.08 bits per heavy atom. The summed E-state index contributed by atoms with van der Waals surface area (Å²) in [5, 5.41) is 0. The number of carbonyl (C=O) groups is 3. The van der Waals surface area contributed by atoms with Gasteiger partial charge in [0.1, 0.15) is 0 Å². The number of esters is 1. The summed E-state index contributed by atoms with van der Waals surface area (Å²) in [6.45, 7) is 2.30. The van der Waals surface area contributed by atoms with Gasteiger partial charge in [0.25, 0.3) is 0 Å². The zero-order chi connectivity index (χ0) is 18.1. The highest BCUT2D eigenvalue weighted by Crippen LogP contribution is 2.44. The van der Waals surface area contributed by atoms with Crippen LogP contribution in [0.2, 0.25) is 0 Å². The van der Waals surface area contributed by atoms with Crippen LogP contribution < -0.4 is 4.90 Å². The quantitative estimate of drug-likeness (QED) is 0.381. The number of carbonyl (C=O) groups excluding carboxylic acids is 3. The third-order valence-corrected chi connectivity index (χ3v) is 7.44. The molecule has 0 unspecified atom stereocenters. The first-order valence-corrected chi connectivity index (χ1v) is 10.2. The molecule has 1 saturated heterocycles. The predicted molar refractivity (Wildman–Crippen MR) is 101 cm³/mol. The molecule has 7 heteroatoms. The minimum atomic E-state index is -0.398. The molecular formula is C18H19Br2NO4. The Balaban J connectivity index is 1.79. The van der Waals surface area contributed by atoms with Gasteiger partial charge in [-0.05, 0) is 43.5 Å². The van der Waals surface area contributed by atoms with Crippen molar-refractivity contribution in [1.29, 1.82) is 0 Å². The van der Waals surface area contributed by atoms with Gasteiger partial charge in [-0.2, -0.15) is 0 Å². The molecule has 1 aromatic rings. The monoisotopic (exact) mass is 471 g/mol. The minimum absolute atomic E-state index is 0.153. The standard InChI is InChI=1S/C18H19Br2NO4/c1-2-7-25-18(24)10-3-5-11(6-4-10)21-16(22)12-8-14(19)15(20)9-13(12)17(21)23/h3-6,12-15H,2,7-9H2,1H3/t12-,13-,14+,15+/m0/s1. The Kier molecular flexibility index (Phi) is 5.63. The van der Waals surface area contributed by atoms with E-state index in [1.807, 2.05) is 6.92 Å². The lowest BCUT2D eigenvalue weighted by molar-refractivity contribution is -0.122. The maximum atomic E-state index is 12.7. The van der Waals surface area contributed by atoms with E-state index in [9.17, 15) is 14.4 Å². The number of nitrogens with zero attached hydrogens (tertiary/aromatic N) is 1. The molecule has 0 spiro atoms. The van der Waals surface area contributed by atoms with Gasteiger partial charge in [-0.3, -0.25) is 14.5 Å². The lowest BCUT2D eigenvalue weighted by atomic mass is 9.81. The van der Waals surface area contributed by atoms with E-state index in [4.69, 9.17) is 4.74 Å². The van der Waals surface area contributed by atoms with Crippen molar-refractivity contribution in [2.75, 3.05) is 11.5 Å². The van der Waals surface area contributed by atoms with Crippen molar-refractivity contribution in [3.05, 3.63) is 29.8 Å². The van der Waals surface area contributed by atoms with Gasteiger partial charge in [-0.25, -0.2) is 4.79 Å². The number of hydrogen-bond acceptors (Lipinski definition) is 4. The van der Waals surface area contributed by atoms with Crippen molar-refractivity contribution in [2.45, 2.75) is 35.8 Å². The Bertz CT molecular complexity index is 663. The molecule has 25 heavy (non-hydrogen) atoms. The van der Waals surface area contributed by atoms with E-state index < -0.39 is 5.97 Å². The number of imide groups is 1. The first kappa shape index (κ1) is 18.6. The van der Waals surface area contributed by atoms with E-state index in [1.165, 1.54) is 4.90 Å². The lowest BCUT2D eigenvalue weighted by Crippen LogP contribution is -2.34. The molecule has 134 valence electrons. The van der Waals surface area contributed by atoms with Crippen LogP contribution in [-0.4, -0.2) is 34.0 Å². The molecule has 5 nitrogen and oxygen atoms in total. The number of anilines is 1. The SMILES string of the molecule is CCCOC(=O)c1ccc(N2C(=O)[C@H]3C[C@@H](Br)[C@H](Br)C[C@@H]3C2=O)cc1. The topological polar surface area (TPSA) is 63.7 Å². The molecule has 2 amide bonds. The van der Waals surface area contributed by atoms with Crippen molar-refractivity contribution in [2.24, 2.45) is 11.8 Å². The van der Waals surface area contributed by atoms with Gasteiger partial charge in [0.15, 0.2) is 0 Å². The molecular weight excluding hydrogens is 454 g/mol. The summed E-state index contributed by atoms with van der Waals surface area (Å²) in [6.07, 6.45) is 2.04. The summed E-state index contributed by atoms with van der Waals surface area (Å²) >= 11 is 7.16. The number of hydrogen-bond donors (Lipinski definition) is 0. The van der Waals surface area contributed by atoms with Crippen molar-refractivity contribution in [1.82, 2.24) is 0 Å². The summed E-state index contributed by atoms with van der Waals surface area (Å²) in [6, 6.07) is 6.45. The molecule has 1 heterocycles. The second-order valence-corrected chi connectivity index (χ2v) is 8.76. The summed E-state index contributed by atoms with van der Waals surface area (Å²) in [7, 11) is 0. The van der Waals surface area contributed by atoms with Gasteiger partial charge in [-0.15, -0.1) is 0 Å². The largest absolute Gasteiger partial charge is 0.462 e. The van der Waals surface area contributed by atoms with Gasteiger partial charge in [0.05, 0.1) is 29.7 Å². The molecule has 2 fully saturated rings. The zero-order valence-electron chi connectivity index (χ0n) is 13.8.